The number of carboxylic acid groups (broad SMARTS) is 1. The molecule has 0 bridgehead atoms. The second-order valence-corrected chi connectivity index (χ2v) is 4.30. The molecule has 18 heavy (non-hydrogen) atoms. The average Bonchev–Trinajstić information content (AvgIpc) is 2.89. The maximum atomic E-state index is 11.0. The molecule has 6 heteroatoms. The van der Waals surface area contributed by atoms with E-state index in [0.29, 0.717) is 5.82 Å². The Morgan fingerprint density at radius 3 is 2.72 bits per heavy atom. The number of hydrogen-bond donors (Lipinski definition) is 1. The van der Waals surface area contributed by atoms with Gasteiger partial charge >= 0.3 is 5.97 Å². The van der Waals surface area contributed by atoms with Crippen LogP contribution in [0.3, 0.4) is 0 Å². The average molecular weight is 246 g/mol. The minimum Gasteiger partial charge on any atom is -0.480 e. The molecule has 1 aliphatic rings. The van der Waals surface area contributed by atoms with Gasteiger partial charge in [-0.15, -0.1) is 0 Å². The second-order valence-electron chi connectivity index (χ2n) is 4.30. The maximum Gasteiger partial charge on any atom is 0.323 e. The van der Waals surface area contributed by atoms with E-state index in [1.54, 1.807) is 4.90 Å². The molecule has 1 N–H and O–H groups in total. The Morgan fingerprint density at radius 1 is 1.44 bits per heavy atom. The van der Waals surface area contributed by atoms with Crippen molar-refractivity contribution in [2.75, 3.05) is 11.4 Å². The summed E-state index contributed by atoms with van der Waals surface area (Å²) in [6.45, 7) is -0.141. The summed E-state index contributed by atoms with van der Waals surface area (Å²) in [7, 11) is 0. The summed E-state index contributed by atoms with van der Waals surface area (Å²) in [6, 6.07) is 2.11. The van der Waals surface area contributed by atoms with E-state index in [-0.39, 0.29) is 18.3 Å². The topological polar surface area (TPSA) is 90.1 Å². The van der Waals surface area contributed by atoms with Crippen LogP contribution in [0.15, 0.2) is 12.4 Å². The van der Waals surface area contributed by atoms with Crippen molar-refractivity contribution in [1.82, 2.24) is 9.97 Å². The summed E-state index contributed by atoms with van der Waals surface area (Å²) in [6.07, 6.45) is 6.98. The number of aliphatic carboxylic acids is 1. The molecule has 0 aromatic carbocycles. The first-order valence-corrected chi connectivity index (χ1v) is 5.92. The Balaban J connectivity index is 2.32. The van der Waals surface area contributed by atoms with E-state index >= 15 is 0 Å². The highest BCUT2D eigenvalue weighted by molar-refractivity contribution is 5.74. The van der Waals surface area contributed by atoms with E-state index < -0.39 is 5.97 Å². The van der Waals surface area contributed by atoms with Crippen LogP contribution in [0.5, 0.6) is 0 Å². The smallest absolute Gasteiger partial charge is 0.323 e. The molecule has 1 heterocycles. The monoisotopic (exact) mass is 246 g/mol. The first-order chi connectivity index (χ1) is 8.72. The van der Waals surface area contributed by atoms with Gasteiger partial charge in [0.05, 0.1) is 0 Å². The molecule has 1 fully saturated rings. The van der Waals surface area contributed by atoms with Gasteiger partial charge in [-0.25, -0.2) is 9.97 Å². The van der Waals surface area contributed by atoms with Gasteiger partial charge in [-0.05, 0) is 12.8 Å². The lowest BCUT2D eigenvalue weighted by atomic mass is 10.2. The lowest BCUT2D eigenvalue weighted by Gasteiger charge is -2.28. The fourth-order valence-corrected chi connectivity index (χ4v) is 2.36. The summed E-state index contributed by atoms with van der Waals surface area (Å²) in [5.41, 5.74) is 0.186. The van der Waals surface area contributed by atoms with E-state index in [0.717, 1.165) is 25.7 Å². The summed E-state index contributed by atoms with van der Waals surface area (Å²) < 4.78 is 0. The third-order valence-corrected chi connectivity index (χ3v) is 3.13. The minimum atomic E-state index is -0.920. The molecule has 0 atom stereocenters. The van der Waals surface area contributed by atoms with Crippen molar-refractivity contribution in [2.24, 2.45) is 0 Å². The molecule has 0 spiro atoms. The molecule has 0 unspecified atom stereocenters. The third-order valence-electron chi connectivity index (χ3n) is 3.13. The Labute approximate surface area is 105 Å². The molecule has 0 radical (unpaired) electrons. The van der Waals surface area contributed by atoms with Crippen LogP contribution in [-0.2, 0) is 4.79 Å². The molecule has 1 saturated carbocycles. The van der Waals surface area contributed by atoms with Crippen molar-refractivity contribution < 1.29 is 9.90 Å². The predicted molar refractivity (Wildman–Crippen MR) is 64.0 cm³/mol. The van der Waals surface area contributed by atoms with Crippen LogP contribution in [0, 0.1) is 11.3 Å². The van der Waals surface area contributed by atoms with Crippen LogP contribution < -0.4 is 4.90 Å². The lowest BCUT2D eigenvalue weighted by molar-refractivity contribution is -0.135. The van der Waals surface area contributed by atoms with Crippen molar-refractivity contribution in [3.8, 4) is 6.07 Å². The fraction of sp³-hybridized carbons (Fsp3) is 0.500. The van der Waals surface area contributed by atoms with Crippen LogP contribution in [0.25, 0.3) is 0 Å². The van der Waals surface area contributed by atoms with Crippen LogP contribution in [-0.4, -0.2) is 33.6 Å². The van der Waals surface area contributed by atoms with E-state index in [4.69, 9.17) is 10.4 Å². The zero-order chi connectivity index (χ0) is 13.0. The molecule has 0 amide bonds. The molecule has 0 saturated heterocycles. The van der Waals surface area contributed by atoms with E-state index in [1.165, 1.54) is 12.4 Å². The molecule has 1 aliphatic carbocycles. The number of carboxylic acids is 1. The Kier molecular flexibility index (Phi) is 3.72. The second kappa shape index (κ2) is 5.45. The zero-order valence-corrected chi connectivity index (χ0v) is 9.91. The van der Waals surface area contributed by atoms with Gasteiger partial charge in [0.2, 0.25) is 0 Å². The lowest BCUT2D eigenvalue weighted by Crippen LogP contribution is -2.38. The molecule has 2 rings (SSSR count). The van der Waals surface area contributed by atoms with Gasteiger partial charge < -0.3 is 10.0 Å². The van der Waals surface area contributed by atoms with Crippen molar-refractivity contribution >= 4 is 11.8 Å². The van der Waals surface area contributed by atoms with Crippen molar-refractivity contribution in [1.29, 1.82) is 5.26 Å². The Bertz CT molecular complexity index is 477. The summed E-state index contributed by atoms with van der Waals surface area (Å²) in [5, 5.41) is 18.0. The maximum absolute atomic E-state index is 11.0. The van der Waals surface area contributed by atoms with Gasteiger partial charge in [0, 0.05) is 18.4 Å². The standard InChI is InChI=1S/C12H14N4O2/c13-7-10-12(15-6-5-14-10)16(8-11(17)18)9-3-1-2-4-9/h5-6,9H,1-4,8H2,(H,17,18). The molecule has 1 aromatic rings. The number of nitriles is 1. The van der Waals surface area contributed by atoms with Gasteiger partial charge in [-0.3, -0.25) is 4.79 Å². The van der Waals surface area contributed by atoms with Gasteiger partial charge in [-0.1, -0.05) is 12.8 Å². The first kappa shape index (κ1) is 12.3. The number of anilines is 1. The van der Waals surface area contributed by atoms with Crippen molar-refractivity contribution in [3.63, 3.8) is 0 Å². The Morgan fingerprint density at radius 2 is 2.11 bits per heavy atom. The summed E-state index contributed by atoms with van der Waals surface area (Å²) in [4.78, 5) is 20.7. The number of aromatic nitrogens is 2. The highest BCUT2D eigenvalue weighted by Gasteiger charge is 2.27. The molecular formula is C12H14N4O2. The van der Waals surface area contributed by atoms with Gasteiger partial charge in [-0.2, -0.15) is 5.26 Å². The van der Waals surface area contributed by atoms with Gasteiger partial charge in [0.15, 0.2) is 11.5 Å². The molecular weight excluding hydrogens is 232 g/mol. The molecule has 0 aliphatic heterocycles. The van der Waals surface area contributed by atoms with E-state index in [2.05, 4.69) is 9.97 Å². The number of carbonyl (C=O) groups is 1. The third kappa shape index (κ3) is 2.56. The largest absolute Gasteiger partial charge is 0.480 e. The summed E-state index contributed by atoms with van der Waals surface area (Å²) in [5.74, 6) is -0.536. The number of hydrogen-bond acceptors (Lipinski definition) is 5. The normalized spacial score (nSPS) is 15.3. The first-order valence-electron chi connectivity index (χ1n) is 5.92. The van der Waals surface area contributed by atoms with Crippen LogP contribution in [0.1, 0.15) is 31.4 Å². The Hall–Kier alpha value is -2.16. The highest BCUT2D eigenvalue weighted by Crippen LogP contribution is 2.27. The SMILES string of the molecule is N#Cc1nccnc1N(CC(=O)O)C1CCCC1. The van der Waals surface area contributed by atoms with Crippen molar-refractivity contribution in [2.45, 2.75) is 31.7 Å². The van der Waals surface area contributed by atoms with Crippen LogP contribution >= 0.6 is 0 Å². The zero-order valence-electron chi connectivity index (χ0n) is 9.91. The number of rotatable bonds is 4. The number of nitrogens with zero attached hydrogens (tertiary/aromatic N) is 4. The molecule has 6 nitrogen and oxygen atoms in total. The summed E-state index contributed by atoms with van der Waals surface area (Å²) >= 11 is 0. The molecule has 1 aromatic heterocycles. The van der Waals surface area contributed by atoms with E-state index in [9.17, 15) is 4.79 Å². The quantitative estimate of drug-likeness (QED) is 0.858. The van der Waals surface area contributed by atoms with Gasteiger partial charge in [0.1, 0.15) is 12.6 Å². The van der Waals surface area contributed by atoms with Crippen LogP contribution in [0.2, 0.25) is 0 Å². The predicted octanol–water partition coefficient (Wildman–Crippen LogP) is 1.18. The van der Waals surface area contributed by atoms with Crippen LogP contribution in [0.4, 0.5) is 5.82 Å². The highest BCUT2D eigenvalue weighted by atomic mass is 16.4. The molecule has 94 valence electrons. The minimum absolute atomic E-state index is 0.141. The fourth-order valence-electron chi connectivity index (χ4n) is 2.36. The van der Waals surface area contributed by atoms with Gasteiger partial charge in [0.25, 0.3) is 0 Å². The van der Waals surface area contributed by atoms with E-state index in [1.807, 2.05) is 6.07 Å². The van der Waals surface area contributed by atoms with Crippen molar-refractivity contribution in [3.05, 3.63) is 18.1 Å².